The van der Waals surface area contributed by atoms with Crippen molar-refractivity contribution in [3.05, 3.63) is 64.1 Å². The first-order chi connectivity index (χ1) is 13.1. The van der Waals surface area contributed by atoms with Crippen LogP contribution in [0.1, 0.15) is 23.0 Å². The predicted molar refractivity (Wildman–Crippen MR) is 102 cm³/mol. The molecule has 0 bridgehead atoms. The van der Waals surface area contributed by atoms with Gasteiger partial charge < -0.3 is 14.8 Å². The number of fused-ring (bicyclic) bond motifs is 1. The summed E-state index contributed by atoms with van der Waals surface area (Å²) in [6, 6.07) is 12.4. The molecule has 1 heterocycles. The monoisotopic (exact) mass is 367 g/mol. The van der Waals surface area contributed by atoms with Gasteiger partial charge in [0.1, 0.15) is 0 Å². The molecule has 2 aromatic carbocycles. The quantitative estimate of drug-likeness (QED) is 0.723. The van der Waals surface area contributed by atoms with Crippen molar-refractivity contribution in [3.8, 4) is 11.5 Å². The number of amides is 1. The molecule has 0 spiro atoms. The predicted octanol–water partition coefficient (Wildman–Crippen LogP) is 2.36. The van der Waals surface area contributed by atoms with Crippen LogP contribution >= 0.6 is 0 Å². The summed E-state index contributed by atoms with van der Waals surface area (Å²) in [5.74, 6) is 0.866. The number of methoxy groups -OCH3 is 2. The number of benzene rings is 2. The van der Waals surface area contributed by atoms with Gasteiger partial charge in [-0.25, -0.2) is 4.68 Å². The van der Waals surface area contributed by atoms with Gasteiger partial charge in [-0.3, -0.25) is 9.59 Å². The fourth-order valence-corrected chi connectivity index (χ4v) is 2.87. The molecule has 0 saturated carbocycles. The highest BCUT2D eigenvalue weighted by molar-refractivity contribution is 6.04. The molecule has 0 atom stereocenters. The van der Waals surface area contributed by atoms with Crippen LogP contribution in [0.4, 0.5) is 0 Å². The van der Waals surface area contributed by atoms with Gasteiger partial charge in [-0.2, -0.15) is 5.10 Å². The number of aromatic nitrogens is 2. The first-order valence-corrected chi connectivity index (χ1v) is 8.58. The lowest BCUT2D eigenvalue weighted by Gasteiger charge is -2.12. The van der Waals surface area contributed by atoms with Crippen LogP contribution in [0, 0.1) is 0 Å². The molecule has 3 aromatic rings. The third-order valence-electron chi connectivity index (χ3n) is 4.28. The molecule has 0 fully saturated rings. The SMILES string of the molecule is CCn1nc(C(=O)NCc2ccc(OC)c(OC)c2)c2ccccc2c1=O. The summed E-state index contributed by atoms with van der Waals surface area (Å²) in [6.45, 7) is 2.49. The van der Waals surface area contributed by atoms with E-state index in [2.05, 4.69) is 10.4 Å². The number of hydrogen-bond donors (Lipinski definition) is 1. The Hall–Kier alpha value is -3.35. The Morgan fingerprint density at radius 3 is 2.44 bits per heavy atom. The maximum absolute atomic E-state index is 12.7. The molecule has 7 nitrogen and oxygen atoms in total. The second-order valence-electron chi connectivity index (χ2n) is 5.89. The topological polar surface area (TPSA) is 82.5 Å². The molecule has 0 aliphatic heterocycles. The molecule has 0 unspecified atom stereocenters. The second-order valence-corrected chi connectivity index (χ2v) is 5.89. The molecule has 0 aliphatic carbocycles. The number of nitrogens with one attached hydrogen (secondary N) is 1. The van der Waals surface area contributed by atoms with Gasteiger partial charge in [0.05, 0.1) is 19.6 Å². The van der Waals surface area contributed by atoms with E-state index in [4.69, 9.17) is 9.47 Å². The van der Waals surface area contributed by atoms with Crippen LogP contribution in [0.15, 0.2) is 47.3 Å². The molecule has 1 N–H and O–H groups in total. The van der Waals surface area contributed by atoms with Crippen LogP contribution in [0.5, 0.6) is 11.5 Å². The molecule has 3 rings (SSSR count). The van der Waals surface area contributed by atoms with E-state index in [1.54, 1.807) is 50.6 Å². The highest BCUT2D eigenvalue weighted by Crippen LogP contribution is 2.27. The normalized spacial score (nSPS) is 10.6. The van der Waals surface area contributed by atoms with Crippen LogP contribution in [-0.4, -0.2) is 29.9 Å². The minimum absolute atomic E-state index is 0.204. The first kappa shape index (κ1) is 18.4. The first-order valence-electron chi connectivity index (χ1n) is 8.58. The third kappa shape index (κ3) is 3.62. The van der Waals surface area contributed by atoms with E-state index in [1.807, 2.05) is 13.0 Å². The highest BCUT2D eigenvalue weighted by atomic mass is 16.5. The summed E-state index contributed by atoms with van der Waals surface area (Å²) in [4.78, 5) is 25.1. The molecule has 27 heavy (non-hydrogen) atoms. The highest BCUT2D eigenvalue weighted by Gasteiger charge is 2.16. The van der Waals surface area contributed by atoms with Crippen molar-refractivity contribution in [2.24, 2.45) is 0 Å². The fraction of sp³-hybridized carbons (Fsp3) is 0.250. The van der Waals surface area contributed by atoms with Crippen LogP contribution < -0.4 is 20.3 Å². The molecule has 0 radical (unpaired) electrons. The molecule has 0 saturated heterocycles. The van der Waals surface area contributed by atoms with Gasteiger partial charge in [-0.15, -0.1) is 0 Å². The average Bonchev–Trinajstić information content (AvgIpc) is 2.72. The largest absolute Gasteiger partial charge is 0.493 e. The summed E-state index contributed by atoms with van der Waals surface area (Å²) in [6.07, 6.45) is 0. The third-order valence-corrected chi connectivity index (χ3v) is 4.28. The Morgan fingerprint density at radius 1 is 1.07 bits per heavy atom. The molecule has 0 aliphatic rings. The van der Waals surface area contributed by atoms with Crippen molar-refractivity contribution in [1.82, 2.24) is 15.1 Å². The number of hydrogen-bond acceptors (Lipinski definition) is 5. The number of carbonyl (C=O) groups excluding carboxylic acids is 1. The standard InChI is InChI=1S/C20H21N3O4/c1-4-23-20(25)15-8-6-5-7-14(15)18(22-23)19(24)21-12-13-9-10-16(26-2)17(11-13)27-3/h5-11H,4,12H2,1-3H3,(H,21,24). The Bertz CT molecular complexity index is 1040. The second kappa shape index (κ2) is 7.90. The Labute approximate surface area is 156 Å². The van der Waals surface area contributed by atoms with Gasteiger partial charge in [0.25, 0.3) is 11.5 Å². The summed E-state index contributed by atoms with van der Waals surface area (Å²) in [7, 11) is 3.13. The van der Waals surface area contributed by atoms with E-state index < -0.39 is 0 Å². The van der Waals surface area contributed by atoms with E-state index in [1.165, 1.54) is 4.68 Å². The number of rotatable bonds is 6. The minimum atomic E-state index is -0.344. The molecule has 1 aromatic heterocycles. The molecule has 7 heteroatoms. The Kier molecular flexibility index (Phi) is 5.40. The lowest BCUT2D eigenvalue weighted by molar-refractivity contribution is 0.0945. The average molecular weight is 367 g/mol. The molecule has 140 valence electrons. The fourth-order valence-electron chi connectivity index (χ4n) is 2.87. The van der Waals surface area contributed by atoms with E-state index in [9.17, 15) is 9.59 Å². The zero-order valence-electron chi connectivity index (χ0n) is 15.5. The smallest absolute Gasteiger partial charge is 0.274 e. The number of nitrogens with zero attached hydrogens (tertiary/aromatic N) is 2. The molecular formula is C20H21N3O4. The number of ether oxygens (including phenoxy) is 2. The maximum Gasteiger partial charge on any atom is 0.274 e. The van der Waals surface area contributed by atoms with Gasteiger partial charge in [0.2, 0.25) is 0 Å². The summed E-state index contributed by atoms with van der Waals surface area (Å²) < 4.78 is 11.8. The summed E-state index contributed by atoms with van der Waals surface area (Å²) in [5, 5.41) is 8.11. The minimum Gasteiger partial charge on any atom is -0.493 e. The molecular weight excluding hydrogens is 346 g/mol. The zero-order chi connectivity index (χ0) is 19.4. The van der Waals surface area contributed by atoms with Gasteiger partial charge in [-0.1, -0.05) is 24.3 Å². The van der Waals surface area contributed by atoms with E-state index in [0.29, 0.717) is 35.4 Å². The maximum atomic E-state index is 12.7. The van der Waals surface area contributed by atoms with E-state index >= 15 is 0 Å². The van der Waals surface area contributed by atoms with Crippen LogP contribution in [0.3, 0.4) is 0 Å². The van der Waals surface area contributed by atoms with Gasteiger partial charge in [0, 0.05) is 18.5 Å². The van der Waals surface area contributed by atoms with Gasteiger partial charge in [0.15, 0.2) is 17.2 Å². The number of aryl methyl sites for hydroxylation is 1. The van der Waals surface area contributed by atoms with Crippen molar-refractivity contribution in [2.45, 2.75) is 20.0 Å². The number of carbonyl (C=O) groups is 1. The van der Waals surface area contributed by atoms with Crippen molar-refractivity contribution in [3.63, 3.8) is 0 Å². The molecule has 1 amide bonds. The van der Waals surface area contributed by atoms with Gasteiger partial charge >= 0.3 is 0 Å². The summed E-state index contributed by atoms with van der Waals surface area (Å²) >= 11 is 0. The van der Waals surface area contributed by atoms with Crippen molar-refractivity contribution in [1.29, 1.82) is 0 Å². The van der Waals surface area contributed by atoms with Crippen molar-refractivity contribution >= 4 is 16.7 Å². The van der Waals surface area contributed by atoms with E-state index in [0.717, 1.165) is 5.56 Å². The van der Waals surface area contributed by atoms with Gasteiger partial charge in [-0.05, 0) is 30.7 Å². The van der Waals surface area contributed by atoms with Crippen molar-refractivity contribution < 1.29 is 14.3 Å². The lowest BCUT2D eigenvalue weighted by atomic mass is 10.1. The lowest BCUT2D eigenvalue weighted by Crippen LogP contribution is -2.30. The Balaban J connectivity index is 1.89. The van der Waals surface area contributed by atoms with Crippen LogP contribution in [-0.2, 0) is 13.1 Å². The van der Waals surface area contributed by atoms with Crippen LogP contribution in [0.25, 0.3) is 10.8 Å². The van der Waals surface area contributed by atoms with Crippen LogP contribution in [0.2, 0.25) is 0 Å². The zero-order valence-corrected chi connectivity index (χ0v) is 15.5. The summed E-state index contributed by atoms with van der Waals surface area (Å²) in [5.41, 5.74) is 0.881. The van der Waals surface area contributed by atoms with Crippen molar-refractivity contribution in [2.75, 3.05) is 14.2 Å². The Morgan fingerprint density at radius 2 is 1.78 bits per heavy atom. The van der Waals surface area contributed by atoms with E-state index in [-0.39, 0.29) is 17.2 Å².